The van der Waals surface area contributed by atoms with Crippen molar-refractivity contribution in [2.45, 2.75) is 44.4 Å². The van der Waals surface area contributed by atoms with Crippen LogP contribution in [0, 0.1) is 0 Å². The van der Waals surface area contributed by atoms with Gasteiger partial charge < -0.3 is 15.4 Å². The van der Waals surface area contributed by atoms with Crippen LogP contribution in [0.2, 0.25) is 0 Å². The Kier molecular flexibility index (Phi) is 9.73. The molecule has 174 valence electrons. The van der Waals surface area contributed by atoms with Crippen molar-refractivity contribution in [2.75, 3.05) is 51.7 Å². The lowest BCUT2D eigenvalue weighted by molar-refractivity contribution is -0.122. The molecule has 0 unspecified atom stereocenters. The van der Waals surface area contributed by atoms with E-state index in [4.69, 9.17) is 4.74 Å². The van der Waals surface area contributed by atoms with E-state index < -0.39 is 10.0 Å². The van der Waals surface area contributed by atoms with Gasteiger partial charge >= 0.3 is 0 Å². The second kappa shape index (κ2) is 12.0. The second-order valence-corrected chi connectivity index (χ2v) is 9.56. The summed E-state index contributed by atoms with van der Waals surface area (Å²) < 4.78 is 33.0. The largest absolute Gasteiger partial charge is 0.492 e. The molecule has 1 aliphatic rings. The van der Waals surface area contributed by atoms with Crippen LogP contribution in [0.4, 0.5) is 5.69 Å². The number of nitrogens with one attached hydrogen (secondary N) is 2. The first-order chi connectivity index (χ1) is 14.8. The highest BCUT2D eigenvalue weighted by Crippen LogP contribution is 2.30. The van der Waals surface area contributed by atoms with Gasteiger partial charge in [0.2, 0.25) is 21.8 Å². The van der Waals surface area contributed by atoms with Crippen molar-refractivity contribution >= 4 is 27.5 Å². The quantitative estimate of drug-likeness (QED) is 0.526. The molecular weight excluding hydrogens is 420 g/mol. The average Bonchev–Trinajstić information content (AvgIpc) is 2.74. The molecule has 0 aromatic heterocycles. The van der Waals surface area contributed by atoms with Crippen molar-refractivity contribution in [3.63, 3.8) is 0 Å². The van der Waals surface area contributed by atoms with E-state index >= 15 is 0 Å². The summed E-state index contributed by atoms with van der Waals surface area (Å²) in [6.45, 7) is 5.82. The SMILES string of the molecule is CCCNC(=O)CN(C)CC(=O)Nc1cc(S(=O)(=O)N2CCCCC2)ccc1OCC. The third-order valence-corrected chi connectivity index (χ3v) is 6.77. The minimum atomic E-state index is -3.64. The number of carbonyl (C=O) groups is 2. The summed E-state index contributed by atoms with van der Waals surface area (Å²) >= 11 is 0. The summed E-state index contributed by atoms with van der Waals surface area (Å²) in [7, 11) is -1.96. The summed E-state index contributed by atoms with van der Waals surface area (Å²) in [6.07, 6.45) is 3.56. The number of hydrogen-bond donors (Lipinski definition) is 2. The summed E-state index contributed by atoms with van der Waals surface area (Å²) in [6, 6.07) is 4.52. The fourth-order valence-corrected chi connectivity index (χ4v) is 4.90. The second-order valence-electron chi connectivity index (χ2n) is 7.63. The molecule has 2 rings (SSSR count). The molecule has 2 N–H and O–H groups in total. The van der Waals surface area contributed by atoms with E-state index in [-0.39, 0.29) is 29.8 Å². The van der Waals surface area contributed by atoms with Crippen molar-refractivity contribution in [2.24, 2.45) is 0 Å². The number of carbonyl (C=O) groups excluding carboxylic acids is 2. The van der Waals surface area contributed by atoms with Gasteiger partial charge in [0.1, 0.15) is 5.75 Å². The number of benzene rings is 1. The fourth-order valence-electron chi connectivity index (χ4n) is 3.36. The summed E-state index contributed by atoms with van der Waals surface area (Å²) in [4.78, 5) is 26.1. The average molecular weight is 455 g/mol. The van der Waals surface area contributed by atoms with Crippen LogP contribution in [-0.2, 0) is 19.6 Å². The standard InChI is InChI=1S/C21H34N4O5S/c1-4-11-22-20(26)15-24(3)16-21(27)23-18-14-17(9-10-19(18)30-5-2)31(28,29)25-12-7-6-8-13-25/h9-10,14H,4-8,11-13,15-16H2,1-3H3,(H,22,26)(H,23,27). The first-order valence-corrected chi connectivity index (χ1v) is 12.2. The molecule has 1 aromatic rings. The number of rotatable bonds is 11. The maximum atomic E-state index is 13.0. The van der Waals surface area contributed by atoms with Gasteiger partial charge in [-0.05, 0) is 51.4 Å². The summed E-state index contributed by atoms with van der Waals surface area (Å²) in [5, 5.41) is 5.50. The normalized spacial score (nSPS) is 15.0. The molecule has 0 radical (unpaired) electrons. The van der Waals surface area contributed by atoms with Gasteiger partial charge in [-0.1, -0.05) is 13.3 Å². The minimum Gasteiger partial charge on any atom is -0.492 e. The van der Waals surface area contributed by atoms with E-state index in [2.05, 4.69) is 10.6 Å². The molecule has 2 amide bonds. The zero-order valence-corrected chi connectivity index (χ0v) is 19.5. The van der Waals surface area contributed by atoms with Gasteiger partial charge in [0.05, 0.1) is 30.3 Å². The van der Waals surface area contributed by atoms with Crippen LogP contribution in [0.25, 0.3) is 0 Å². The van der Waals surface area contributed by atoms with Crippen LogP contribution >= 0.6 is 0 Å². The van der Waals surface area contributed by atoms with Crippen LogP contribution in [0.3, 0.4) is 0 Å². The summed E-state index contributed by atoms with van der Waals surface area (Å²) in [5.41, 5.74) is 0.300. The number of sulfonamides is 1. The highest BCUT2D eigenvalue weighted by molar-refractivity contribution is 7.89. The zero-order valence-electron chi connectivity index (χ0n) is 18.6. The molecule has 9 nitrogen and oxygen atoms in total. The lowest BCUT2D eigenvalue weighted by Crippen LogP contribution is -2.39. The number of amides is 2. The molecule has 0 spiro atoms. The third kappa shape index (κ3) is 7.48. The van der Waals surface area contributed by atoms with Crippen LogP contribution in [0.5, 0.6) is 5.75 Å². The Hall–Kier alpha value is -2.17. The molecule has 1 fully saturated rings. The van der Waals surface area contributed by atoms with Gasteiger partial charge in [-0.2, -0.15) is 4.31 Å². The van der Waals surface area contributed by atoms with Crippen molar-refractivity contribution in [3.05, 3.63) is 18.2 Å². The lowest BCUT2D eigenvalue weighted by atomic mass is 10.2. The zero-order chi connectivity index (χ0) is 22.9. The molecule has 31 heavy (non-hydrogen) atoms. The number of ether oxygens (including phenoxy) is 1. The molecule has 10 heteroatoms. The molecule has 0 saturated carbocycles. The van der Waals surface area contributed by atoms with Gasteiger partial charge in [0.25, 0.3) is 0 Å². The number of hydrogen-bond acceptors (Lipinski definition) is 6. The molecule has 1 saturated heterocycles. The molecule has 0 atom stereocenters. The van der Waals surface area contributed by atoms with E-state index in [1.165, 1.54) is 16.4 Å². The van der Waals surface area contributed by atoms with Gasteiger partial charge in [0.15, 0.2) is 0 Å². The van der Waals surface area contributed by atoms with E-state index in [0.29, 0.717) is 37.7 Å². The Bertz CT molecular complexity index is 853. The first-order valence-electron chi connectivity index (χ1n) is 10.8. The molecule has 1 heterocycles. The maximum Gasteiger partial charge on any atom is 0.243 e. The number of nitrogens with zero attached hydrogens (tertiary/aromatic N) is 2. The van der Waals surface area contributed by atoms with Crippen LogP contribution in [-0.4, -0.2) is 75.8 Å². The lowest BCUT2D eigenvalue weighted by Gasteiger charge is -2.26. The van der Waals surface area contributed by atoms with Gasteiger partial charge in [-0.15, -0.1) is 0 Å². The monoisotopic (exact) mass is 454 g/mol. The molecule has 0 aliphatic carbocycles. The smallest absolute Gasteiger partial charge is 0.243 e. The van der Waals surface area contributed by atoms with Crippen molar-refractivity contribution < 1.29 is 22.7 Å². The maximum absolute atomic E-state index is 13.0. The Morgan fingerprint density at radius 3 is 2.42 bits per heavy atom. The topological polar surface area (TPSA) is 108 Å². The molecule has 1 aromatic carbocycles. The highest BCUT2D eigenvalue weighted by atomic mass is 32.2. The predicted molar refractivity (Wildman–Crippen MR) is 120 cm³/mol. The third-order valence-electron chi connectivity index (χ3n) is 4.88. The Balaban J connectivity index is 2.11. The fraction of sp³-hybridized carbons (Fsp3) is 0.619. The van der Waals surface area contributed by atoms with Crippen LogP contribution in [0.15, 0.2) is 23.1 Å². The number of anilines is 1. The highest BCUT2D eigenvalue weighted by Gasteiger charge is 2.27. The van der Waals surface area contributed by atoms with Gasteiger partial charge in [-0.3, -0.25) is 14.5 Å². The van der Waals surface area contributed by atoms with Crippen molar-refractivity contribution in [1.29, 1.82) is 0 Å². The minimum absolute atomic E-state index is 0.0196. The Labute approximate surface area is 185 Å². The van der Waals surface area contributed by atoms with E-state index in [1.807, 2.05) is 13.8 Å². The Morgan fingerprint density at radius 2 is 1.77 bits per heavy atom. The first kappa shape index (κ1) is 25.1. The van der Waals surface area contributed by atoms with Crippen LogP contribution in [0.1, 0.15) is 39.5 Å². The Morgan fingerprint density at radius 1 is 1.10 bits per heavy atom. The van der Waals surface area contributed by atoms with Crippen molar-refractivity contribution in [1.82, 2.24) is 14.5 Å². The van der Waals surface area contributed by atoms with E-state index in [9.17, 15) is 18.0 Å². The van der Waals surface area contributed by atoms with Crippen molar-refractivity contribution in [3.8, 4) is 5.75 Å². The van der Waals surface area contributed by atoms with E-state index in [1.54, 1.807) is 18.0 Å². The van der Waals surface area contributed by atoms with E-state index in [0.717, 1.165) is 25.7 Å². The molecular formula is C21H34N4O5S. The van der Waals surface area contributed by atoms with Gasteiger partial charge in [0, 0.05) is 19.6 Å². The number of likely N-dealkylation sites (N-methyl/N-ethyl adjacent to an activating group) is 1. The van der Waals surface area contributed by atoms with Gasteiger partial charge in [-0.25, -0.2) is 8.42 Å². The van der Waals surface area contributed by atoms with Crippen LogP contribution < -0.4 is 15.4 Å². The number of piperidine rings is 1. The summed E-state index contributed by atoms with van der Waals surface area (Å²) in [5.74, 6) is -0.113. The molecule has 0 bridgehead atoms. The molecule has 1 aliphatic heterocycles. The predicted octanol–water partition coefficient (Wildman–Crippen LogP) is 1.66.